The van der Waals surface area contributed by atoms with E-state index in [1.807, 2.05) is 6.92 Å². The molecule has 2 heteroatoms. The van der Waals surface area contributed by atoms with E-state index in [9.17, 15) is 0 Å². The third-order valence-electron chi connectivity index (χ3n) is 1.08. The minimum Gasteiger partial charge on any atom is -0.356 e. The summed E-state index contributed by atoms with van der Waals surface area (Å²) in [7, 11) is 1.66. The van der Waals surface area contributed by atoms with E-state index in [1.165, 1.54) is 0 Å². The van der Waals surface area contributed by atoms with Crippen LogP contribution in [-0.4, -0.2) is 13.4 Å². The van der Waals surface area contributed by atoms with E-state index in [2.05, 4.69) is 6.92 Å². The van der Waals surface area contributed by atoms with Crippen LogP contribution < -0.4 is 0 Å². The van der Waals surface area contributed by atoms with Gasteiger partial charge in [0.25, 0.3) is 0 Å². The van der Waals surface area contributed by atoms with Gasteiger partial charge in [-0.25, -0.2) is 0 Å². The quantitative estimate of drug-likeness (QED) is 0.531. The van der Waals surface area contributed by atoms with Crippen molar-refractivity contribution in [3.63, 3.8) is 0 Å². The fourth-order valence-corrected chi connectivity index (χ4v) is 0.629. The Morgan fingerprint density at radius 2 is 2.22 bits per heavy atom. The maximum absolute atomic E-state index is 5.08. The highest BCUT2D eigenvalue weighted by Gasteiger charge is 2.02. The summed E-state index contributed by atoms with van der Waals surface area (Å²) >= 11 is 0. The van der Waals surface area contributed by atoms with Crippen molar-refractivity contribution in [3.05, 3.63) is 6.61 Å². The summed E-state index contributed by atoms with van der Waals surface area (Å²) in [6.45, 7) is 5.61. The largest absolute Gasteiger partial charge is 0.356 e. The van der Waals surface area contributed by atoms with Crippen LogP contribution in [0.4, 0.5) is 0 Å². The lowest BCUT2D eigenvalue weighted by Crippen LogP contribution is -2.12. The molecular weight excluding hydrogens is 116 g/mol. The number of rotatable bonds is 5. The van der Waals surface area contributed by atoms with Gasteiger partial charge in [0, 0.05) is 7.11 Å². The molecule has 0 aliphatic carbocycles. The predicted molar refractivity (Wildman–Crippen MR) is 36.8 cm³/mol. The first-order valence-corrected chi connectivity index (χ1v) is 3.31. The van der Waals surface area contributed by atoms with Crippen molar-refractivity contribution in [1.82, 2.24) is 0 Å². The zero-order chi connectivity index (χ0) is 7.11. The van der Waals surface area contributed by atoms with E-state index in [-0.39, 0.29) is 6.29 Å². The average Bonchev–Trinajstić information content (AvgIpc) is 1.88. The molecular formula is C7H15O2. The third-order valence-corrected chi connectivity index (χ3v) is 1.08. The summed E-state index contributed by atoms with van der Waals surface area (Å²) < 4.78 is 10.1. The molecule has 0 bridgehead atoms. The molecule has 0 rings (SSSR count). The summed E-state index contributed by atoms with van der Waals surface area (Å²) in [5, 5.41) is 0. The molecule has 1 unspecified atom stereocenters. The molecule has 2 nitrogen and oxygen atoms in total. The maximum Gasteiger partial charge on any atom is 0.157 e. The topological polar surface area (TPSA) is 18.5 Å². The fourth-order valence-electron chi connectivity index (χ4n) is 0.629. The molecule has 0 fully saturated rings. The van der Waals surface area contributed by atoms with Crippen LogP contribution in [0.1, 0.15) is 26.7 Å². The van der Waals surface area contributed by atoms with Crippen LogP contribution in [0.2, 0.25) is 0 Å². The highest BCUT2D eigenvalue weighted by Crippen LogP contribution is 2.02. The summed E-state index contributed by atoms with van der Waals surface area (Å²) in [5.74, 6) is 0. The van der Waals surface area contributed by atoms with Gasteiger partial charge in [-0.1, -0.05) is 13.3 Å². The second-order valence-corrected chi connectivity index (χ2v) is 1.83. The minimum absolute atomic E-state index is 0.0417. The predicted octanol–water partition coefficient (Wildman–Crippen LogP) is 1.96. The molecule has 0 aliphatic rings. The van der Waals surface area contributed by atoms with Crippen molar-refractivity contribution in [2.75, 3.05) is 7.11 Å². The Kier molecular flexibility index (Phi) is 5.99. The molecule has 0 aliphatic heterocycles. The van der Waals surface area contributed by atoms with E-state index in [0.29, 0.717) is 0 Å². The van der Waals surface area contributed by atoms with Crippen molar-refractivity contribution < 1.29 is 9.47 Å². The van der Waals surface area contributed by atoms with Gasteiger partial charge in [0.2, 0.25) is 0 Å². The molecule has 0 aromatic heterocycles. The van der Waals surface area contributed by atoms with Crippen molar-refractivity contribution in [2.24, 2.45) is 0 Å². The lowest BCUT2D eigenvalue weighted by Gasteiger charge is -2.12. The lowest BCUT2D eigenvalue weighted by molar-refractivity contribution is -0.102. The number of hydrogen-bond acceptors (Lipinski definition) is 2. The van der Waals surface area contributed by atoms with Crippen molar-refractivity contribution >= 4 is 0 Å². The second kappa shape index (κ2) is 6.05. The Labute approximate surface area is 57.2 Å². The van der Waals surface area contributed by atoms with E-state index >= 15 is 0 Å². The SMILES string of the molecule is C[CH]OC(CCC)OC. The Morgan fingerprint density at radius 1 is 1.56 bits per heavy atom. The zero-order valence-corrected chi connectivity index (χ0v) is 6.39. The number of ether oxygens (including phenoxy) is 2. The second-order valence-electron chi connectivity index (χ2n) is 1.83. The Bertz CT molecular complexity index is 48.9. The maximum atomic E-state index is 5.08. The van der Waals surface area contributed by atoms with Crippen LogP contribution in [0.25, 0.3) is 0 Å². The molecule has 0 heterocycles. The van der Waals surface area contributed by atoms with Crippen molar-refractivity contribution in [3.8, 4) is 0 Å². The van der Waals surface area contributed by atoms with Gasteiger partial charge in [0.15, 0.2) is 6.29 Å². The van der Waals surface area contributed by atoms with Crippen LogP contribution >= 0.6 is 0 Å². The molecule has 0 aromatic carbocycles. The molecule has 0 spiro atoms. The van der Waals surface area contributed by atoms with Crippen LogP contribution in [0, 0.1) is 6.61 Å². The molecule has 0 saturated heterocycles. The van der Waals surface area contributed by atoms with Gasteiger partial charge >= 0.3 is 0 Å². The van der Waals surface area contributed by atoms with Gasteiger partial charge < -0.3 is 9.47 Å². The normalized spacial score (nSPS) is 13.7. The van der Waals surface area contributed by atoms with Gasteiger partial charge in [-0.2, -0.15) is 0 Å². The zero-order valence-electron chi connectivity index (χ0n) is 6.39. The highest BCUT2D eigenvalue weighted by molar-refractivity contribution is 4.44. The van der Waals surface area contributed by atoms with Crippen LogP contribution in [0.15, 0.2) is 0 Å². The Hall–Kier alpha value is -0.0800. The number of hydrogen-bond donors (Lipinski definition) is 0. The first-order chi connectivity index (χ1) is 4.35. The molecule has 9 heavy (non-hydrogen) atoms. The van der Waals surface area contributed by atoms with Crippen LogP contribution in [0.3, 0.4) is 0 Å². The summed E-state index contributed by atoms with van der Waals surface area (Å²) in [4.78, 5) is 0. The van der Waals surface area contributed by atoms with Gasteiger partial charge in [0.05, 0.1) is 6.61 Å². The van der Waals surface area contributed by atoms with Crippen molar-refractivity contribution in [1.29, 1.82) is 0 Å². The molecule has 1 atom stereocenters. The van der Waals surface area contributed by atoms with E-state index in [1.54, 1.807) is 13.7 Å². The summed E-state index contributed by atoms with van der Waals surface area (Å²) in [6, 6.07) is 0. The van der Waals surface area contributed by atoms with E-state index in [4.69, 9.17) is 9.47 Å². The van der Waals surface area contributed by atoms with E-state index in [0.717, 1.165) is 12.8 Å². The minimum atomic E-state index is -0.0417. The monoisotopic (exact) mass is 131 g/mol. The van der Waals surface area contributed by atoms with Gasteiger partial charge in [-0.05, 0) is 13.3 Å². The fraction of sp³-hybridized carbons (Fsp3) is 0.857. The summed E-state index contributed by atoms with van der Waals surface area (Å²) in [5.41, 5.74) is 0. The van der Waals surface area contributed by atoms with Gasteiger partial charge in [-0.15, -0.1) is 0 Å². The van der Waals surface area contributed by atoms with E-state index < -0.39 is 0 Å². The Morgan fingerprint density at radius 3 is 2.56 bits per heavy atom. The van der Waals surface area contributed by atoms with Gasteiger partial charge in [0.1, 0.15) is 0 Å². The van der Waals surface area contributed by atoms with Crippen LogP contribution in [-0.2, 0) is 9.47 Å². The Balaban J connectivity index is 3.18. The standard InChI is InChI=1S/C7H15O2/c1-4-6-7(8-3)9-5-2/h5,7H,4,6H2,1-3H3. The molecule has 55 valence electrons. The molecule has 0 saturated carbocycles. The summed E-state index contributed by atoms with van der Waals surface area (Å²) in [6.07, 6.45) is 2.01. The first kappa shape index (κ1) is 8.92. The highest BCUT2D eigenvalue weighted by atomic mass is 16.7. The third kappa shape index (κ3) is 4.43. The van der Waals surface area contributed by atoms with Crippen molar-refractivity contribution in [2.45, 2.75) is 33.0 Å². The number of methoxy groups -OCH3 is 1. The molecule has 0 amide bonds. The molecule has 1 radical (unpaired) electrons. The smallest absolute Gasteiger partial charge is 0.157 e. The van der Waals surface area contributed by atoms with Crippen LogP contribution in [0.5, 0.6) is 0 Å². The molecule has 0 aromatic rings. The average molecular weight is 131 g/mol. The lowest BCUT2D eigenvalue weighted by atomic mass is 10.3. The molecule has 0 N–H and O–H groups in total. The van der Waals surface area contributed by atoms with Gasteiger partial charge in [-0.3, -0.25) is 0 Å². The first-order valence-electron chi connectivity index (χ1n) is 3.31.